The Morgan fingerprint density at radius 1 is 1.29 bits per heavy atom. The fourth-order valence-electron chi connectivity index (χ4n) is 1.98. The first-order valence-electron chi connectivity index (χ1n) is 7.14. The molecule has 0 aliphatic carbocycles. The molecule has 0 bridgehead atoms. The molecule has 0 fully saturated rings. The Labute approximate surface area is 124 Å². The van der Waals surface area contributed by atoms with Crippen LogP contribution in [0.4, 0.5) is 0 Å². The van der Waals surface area contributed by atoms with Crippen LogP contribution in [0.5, 0.6) is 11.5 Å². The summed E-state index contributed by atoms with van der Waals surface area (Å²) in [6, 6.07) is 7.28. The van der Waals surface area contributed by atoms with Gasteiger partial charge in [0, 0.05) is 13.2 Å². The van der Waals surface area contributed by atoms with E-state index in [9.17, 15) is 4.79 Å². The first kappa shape index (κ1) is 15.6. The van der Waals surface area contributed by atoms with Crippen molar-refractivity contribution in [2.75, 3.05) is 26.4 Å². The van der Waals surface area contributed by atoms with Crippen LogP contribution >= 0.6 is 0 Å². The zero-order valence-corrected chi connectivity index (χ0v) is 12.3. The zero-order chi connectivity index (χ0) is 15.1. The molecule has 116 valence electrons. The molecule has 0 saturated carbocycles. The van der Waals surface area contributed by atoms with Crippen molar-refractivity contribution in [3.63, 3.8) is 0 Å². The van der Waals surface area contributed by atoms with Gasteiger partial charge in [-0.2, -0.15) is 0 Å². The van der Waals surface area contributed by atoms with Crippen LogP contribution in [0.3, 0.4) is 0 Å². The third-order valence-corrected chi connectivity index (χ3v) is 2.95. The molecule has 6 heteroatoms. The van der Waals surface area contributed by atoms with Gasteiger partial charge in [-0.25, -0.2) is 0 Å². The molecule has 1 unspecified atom stereocenters. The van der Waals surface area contributed by atoms with Gasteiger partial charge in [0.1, 0.15) is 6.61 Å². The van der Waals surface area contributed by atoms with Gasteiger partial charge < -0.3 is 24.3 Å². The average molecular weight is 295 g/mol. The van der Waals surface area contributed by atoms with E-state index in [2.05, 4.69) is 5.32 Å². The van der Waals surface area contributed by atoms with Crippen molar-refractivity contribution in [1.29, 1.82) is 0 Å². The Hall–Kier alpha value is -1.79. The maximum absolute atomic E-state index is 12.1. The largest absolute Gasteiger partial charge is 0.485 e. The van der Waals surface area contributed by atoms with Gasteiger partial charge in [0.2, 0.25) is 6.10 Å². The Balaban J connectivity index is 1.84. The van der Waals surface area contributed by atoms with Crippen molar-refractivity contribution in [3.8, 4) is 11.5 Å². The number of para-hydroxylation sites is 2. The second kappa shape index (κ2) is 7.85. The van der Waals surface area contributed by atoms with E-state index >= 15 is 0 Å². The van der Waals surface area contributed by atoms with Crippen molar-refractivity contribution in [2.45, 2.75) is 26.2 Å². The molecule has 1 aromatic rings. The van der Waals surface area contributed by atoms with Crippen molar-refractivity contribution < 1.29 is 23.7 Å². The van der Waals surface area contributed by atoms with Gasteiger partial charge in [0.05, 0.1) is 6.54 Å². The molecule has 2 rings (SSSR count). The smallest absolute Gasteiger partial charge is 0.264 e. The van der Waals surface area contributed by atoms with Gasteiger partial charge >= 0.3 is 0 Å². The SMILES string of the molecule is CCOC(CNC(=O)C1COc2ccccc2O1)OCC. The number of carbonyl (C=O) groups excluding carboxylic acids is 1. The third kappa shape index (κ3) is 4.34. The van der Waals surface area contributed by atoms with Crippen LogP contribution in [-0.4, -0.2) is 44.7 Å². The Morgan fingerprint density at radius 2 is 1.95 bits per heavy atom. The van der Waals surface area contributed by atoms with Gasteiger partial charge in [0.25, 0.3) is 5.91 Å². The lowest BCUT2D eigenvalue weighted by Gasteiger charge is -2.26. The molecule has 6 nitrogen and oxygen atoms in total. The topological polar surface area (TPSA) is 66.0 Å². The molecule has 1 aromatic carbocycles. The first-order chi connectivity index (χ1) is 10.2. The van der Waals surface area contributed by atoms with Crippen LogP contribution in [-0.2, 0) is 14.3 Å². The molecule has 1 amide bonds. The fraction of sp³-hybridized carbons (Fsp3) is 0.533. The average Bonchev–Trinajstić information content (AvgIpc) is 2.52. The number of ether oxygens (including phenoxy) is 4. The molecular formula is C15H21NO5. The van der Waals surface area contributed by atoms with E-state index < -0.39 is 12.4 Å². The minimum Gasteiger partial charge on any atom is -0.485 e. The number of rotatable bonds is 7. The Morgan fingerprint density at radius 3 is 2.62 bits per heavy atom. The van der Waals surface area contributed by atoms with Gasteiger partial charge in [-0.05, 0) is 26.0 Å². The number of fused-ring (bicyclic) bond motifs is 1. The first-order valence-corrected chi connectivity index (χ1v) is 7.14. The highest BCUT2D eigenvalue weighted by Gasteiger charge is 2.27. The second-order valence-corrected chi connectivity index (χ2v) is 4.45. The highest BCUT2D eigenvalue weighted by atomic mass is 16.7. The highest BCUT2D eigenvalue weighted by molar-refractivity contribution is 5.81. The lowest BCUT2D eigenvalue weighted by molar-refractivity contribution is -0.144. The lowest BCUT2D eigenvalue weighted by Crippen LogP contribution is -2.46. The van der Waals surface area contributed by atoms with Crippen LogP contribution in [0.25, 0.3) is 0 Å². The van der Waals surface area contributed by atoms with Crippen molar-refractivity contribution in [3.05, 3.63) is 24.3 Å². The normalized spacial score (nSPS) is 16.8. The van der Waals surface area contributed by atoms with E-state index in [4.69, 9.17) is 18.9 Å². The molecule has 1 atom stereocenters. The van der Waals surface area contributed by atoms with E-state index in [0.29, 0.717) is 24.7 Å². The van der Waals surface area contributed by atoms with Gasteiger partial charge in [-0.3, -0.25) is 4.79 Å². The number of hydrogen-bond acceptors (Lipinski definition) is 5. The summed E-state index contributed by atoms with van der Waals surface area (Å²) in [5.74, 6) is 0.993. The number of nitrogens with one attached hydrogen (secondary N) is 1. The van der Waals surface area contributed by atoms with Crippen LogP contribution in [0.2, 0.25) is 0 Å². The summed E-state index contributed by atoms with van der Waals surface area (Å²) in [5.41, 5.74) is 0. The standard InChI is InChI=1S/C15H21NO5/c1-3-18-14(19-4-2)9-16-15(17)13-10-20-11-7-5-6-8-12(11)21-13/h5-8,13-14H,3-4,9-10H2,1-2H3,(H,16,17). The van der Waals surface area contributed by atoms with Gasteiger partial charge in [-0.1, -0.05) is 12.1 Å². The maximum atomic E-state index is 12.1. The van der Waals surface area contributed by atoms with E-state index in [-0.39, 0.29) is 19.1 Å². The Kier molecular flexibility index (Phi) is 5.83. The van der Waals surface area contributed by atoms with Gasteiger partial charge in [-0.15, -0.1) is 0 Å². The summed E-state index contributed by atoms with van der Waals surface area (Å²) in [5, 5.41) is 2.76. The van der Waals surface area contributed by atoms with Crippen molar-refractivity contribution in [1.82, 2.24) is 5.32 Å². The summed E-state index contributed by atoms with van der Waals surface area (Å²) in [7, 11) is 0. The van der Waals surface area contributed by atoms with E-state index in [1.54, 1.807) is 6.07 Å². The maximum Gasteiger partial charge on any atom is 0.264 e. The number of hydrogen-bond donors (Lipinski definition) is 1. The Bertz CT molecular complexity index is 459. The van der Waals surface area contributed by atoms with Crippen LogP contribution in [0.1, 0.15) is 13.8 Å². The second-order valence-electron chi connectivity index (χ2n) is 4.45. The summed E-state index contributed by atoms with van der Waals surface area (Å²) in [4.78, 5) is 12.1. The van der Waals surface area contributed by atoms with Crippen molar-refractivity contribution >= 4 is 5.91 Å². The molecule has 0 spiro atoms. The molecule has 0 aromatic heterocycles. The molecule has 1 heterocycles. The molecular weight excluding hydrogens is 274 g/mol. The molecule has 1 N–H and O–H groups in total. The molecule has 1 aliphatic rings. The zero-order valence-electron chi connectivity index (χ0n) is 12.3. The third-order valence-electron chi connectivity index (χ3n) is 2.95. The predicted octanol–water partition coefficient (Wildman–Crippen LogP) is 1.34. The number of amides is 1. The summed E-state index contributed by atoms with van der Waals surface area (Å²) < 4.78 is 21.9. The lowest BCUT2D eigenvalue weighted by atomic mass is 10.2. The minimum atomic E-state index is -0.663. The van der Waals surface area contributed by atoms with E-state index in [0.717, 1.165) is 0 Å². The van der Waals surface area contributed by atoms with Gasteiger partial charge in [0.15, 0.2) is 17.8 Å². The van der Waals surface area contributed by atoms with Crippen molar-refractivity contribution in [2.24, 2.45) is 0 Å². The molecule has 21 heavy (non-hydrogen) atoms. The quantitative estimate of drug-likeness (QED) is 0.769. The summed E-state index contributed by atoms with van der Waals surface area (Å²) >= 11 is 0. The van der Waals surface area contributed by atoms with E-state index in [1.165, 1.54) is 0 Å². The van der Waals surface area contributed by atoms with Crippen LogP contribution in [0, 0.1) is 0 Å². The number of benzene rings is 1. The summed E-state index contributed by atoms with van der Waals surface area (Å²) in [6.45, 7) is 5.28. The summed E-state index contributed by atoms with van der Waals surface area (Å²) in [6.07, 6.45) is -1.11. The molecule has 1 aliphatic heterocycles. The highest BCUT2D eigenvalue weighted by Crippen LogP contribution is 2.30. The molecule has 0 radical (unpaired) electrons. The van der Waals surface area contributed by atoms with Crippen LogP contribution < -0.4 is 14.8 Å². The number of carbonyl (C=O) groups is 1. The van der Waals surface area contributed by atoms with E-state index in [1.807, 2.05) is 32.0 Å². The minimum absolute atomic E-state index is 0.191. The van der Waals surface area contributed by atoms with Crippen LogP contribution in [0.15, 0.2) is 24.3 Å². The predicted molar refractivity (Wildman–Crippen MR) is 76.4 cm³/mol. The fourth-order valence-corrected chi connectivity index (χ4v) is 1.98. The monoisotopic (exact) mass is 295 g/mol. The molecule has 0 saturated heterocycles.